The molecule has 0 aliphatic carbocycles. The fraction of sp³-hybridized carbons (Fsp3) is 0.857. The van der Waals surface area contributed by atoms with Crippen molar-refractivity contribution in [1.29, 1.82) is 0 Å². The zero-order valence-corrected chi connectivity index (χ0v) is 37.9. The number of unbranched alkanes of at least 4 members (excludes halogenated alkanes) is 22. The number of hydrogen-bond acceptors (Lipinski definition) is 10. The van der Waals surface area contributed by atoms with E-state index in [0.717, 1.165) is 44.9 Å². The van der Waals surface area contributed by atoms with Crippen molar-refractivity contribution in [2.75, 3.05) is 13.2 Å². The molecule has 0 aromatic heterocycles. The van der Waals surface area contributed by atoms with Crippen LogP contribution in [0.15, 0.2) is 36.5 Å². The van der Waals surface area contributed by atoms with Crippen molar-refractivity contribution in [3.05, 3.63) is 36.5 Å². The van der Waals surface area contributed by atoms with E-state index in [1.807, 2.05) is 0 Å². The molecular formula is C49H91NO10. The van der Waals surface area contributed by atoms with Gasteiger partial charge in [0, 0.05) is 0 Å². The van der Waals surface area contributed by atoms with Crippen molar-refractivity contribution in [3.8, 4) is 0 Å². The molecule has 1 saturated heterocycles. The molecule has 0 bridgehead atoms. The molecule has 11 heteroatoms. The van der Waals surface area contributed by atoms with Gasteiger partial charge in [0.1, 0.15) is 36.6 Å². The number of allylic oxidation sites excluding steroid dienone is 6. The predicted molar refractivity (Wildman–Crippen MR) is 242 cm³/mol. The molecule has 9 atom stereocenters. The Morgan fingerprint density at radius 2 is 1.00 bits per heavy atom. The first-order chi connectivity index (χ1) is 29.2. The number of nitrogens with one attached hydrogen (secondary N) is 1. The molecule has 0 saturated carbocycles. The topological polar surface area (TPSA) is 189 Å². The van der Waals surface area contributed by atoms with Crippen LogP contribution in [-0.2, 0) is 14.3 Å². The lowest BCUT2D eigenvalue weighted by Crippen LogP contribution is -2.60. The number of carbonyl (C=O) groups is 1. The highest BCUT2D eigenvalue weighted by Crippen LogP contribution is 2.23. The molecule has 9 unspecified atom stereocenters. The SMILES string of the molecule is CCCCCC/C=C/CC/C=C/CC/C=C/CCCC(O)C(O)C(COC1OC(CO)C(O)C(O)C1O)NC(=O)C(O)CCCCCCCCCCCCCCCCCC. The van der Waals surface area contributed by atoms with Crippen LogP contribution in [0.25, 0.3) is 0 Å². The van der Waals surface area contributed by atoms with Gasteiger partial charge in [-0.1, -0.05) is 172 Å². The monoisotopic (exact) mass is 854 g/mol. The lowest BCUT2D eigenvalue weighted by atomic mass is 9.98. The number of rotatable bonds is 40. The van der Waals surface area contributed by atoms with Crippen molar-refractivity contribution >= 4 is 5.91 Å². The predicted octanol–water partition coefficient (Wildman–Crippen LogP) is 8.39. The van der Waals surface area contributed by atoms with Crippen LogP contribution in [0.5, 0.6) is 0 Å². The van der Waals surface area contributed by atoms with Gasteiger partial charge in [0.15, 0.2) is 6.29 Å². The average molecular weight is 854 g/mol. The van der Waals surface area contributed by atoms with Crippen LogP contribution in [0.1, 0.15) is 200 Å². The molecule has 0 spiro atoms. The maximum absolute atomic E-state index is 13.1. The van der Waals surface area contributed by atoms with E-state index in [1.165, 1.54) is 109 Å². The maximum atomic E-state index is 13.1. The largest absolute Gasteiger partial charge is 0.394 e. The second-order valence-electron chi connectivity index (χ2n) is 17.2. The summed E-state index contributed by atoms with van der Waals surface area (Å²) < 4.78 is 11.1. The van der Waals surface area contributed by atoms with Gasteiger partial charge in [-0.15, -0.1) is 0 Å². The first-order valence-electron chi connectivity index (χ1n) is 24.4. The highest BCUT2D eigenvalue weighted by molar-refractivity contribution is 5.80. The molecule has 352 valence electrons. The van der Waals surface area contributed by atoms with Gasteiger partial charge in [0.2, 0.25) is 5.91 Å². The van der Waals surface area contributed by atoms with Gasteiger partial charge < -0.3 is 50.5 Å². The van der Waals surface area contributed by atoms with Gasteiger partial charge in [-0.25, -0.2) is 0 Å². The fourth-order valence-corrected chi connectivity index (χ4v) is 7.59. The third-order valence-electron chi connectivity index (χ3n) is 11.7. The summed E-state index contributed by atoms with van der Waals surface area (Å²) in [5, 5.41) is 75.7. The molecule has 0 radical (unpaired) electrons. The van der Waals surface area contributed by atoms with Crippen LogP contribution in [-0.4, -0.2) is 110 Å². The molecule has 1 amide bonds. The van der Waals surface area contributed by atoms with Gasteiger partial charge in [-0.2, -0.15) is 0 Å². The number of hydrogen-bond donors (Lipinski definition) is 8. The Morgan fingerprint density at radius 1 is 0.567 bits per heavy atom. The number of aliphatic hydroxyl groups is 7. The standard InChI is InChI=1S/C49H91NO10/c1-3-5-7-9-11-13-15-17-19-21-23-24-26-28-30-32-34-36-41(52)44(54)40(39-59-49-47(57)46(56)45(55)43(38-51)60-49)50-48(58)42(53)37-35-33-31-29-27-25-22-20-18-16-14-12-10-8-6-4-2/h13,15,21,23,28,30,40-47,49,51-57H,3-12,14,16-20,22,24-27,29,31-39H2,1-2H3,(H,50,58)/b15-13+,23-21+,30-28+. The molecule has 60 heavy (non-hydrogen) atoms. The molecule has 0 aromatic carbocycles. The zero-order valence-electron chi connectivity index (χ0n) is 37.9. The fourth-order valence-electron chi connectivity index (χ4n) is 7.59. The van der Waals surface area contributed by atoms with E-state index < -0.39 is 74.2 Å². The highest BCUT2D eigenvalue weighted by atomic mass is 16.7. The molecule has 1 heterocycles. The summed E-state index contributed by atoms with van der Waals surface area (Å²) in [5.74, 6) is -0.712. The number of carbonyl (C=O) groups excluding carboxylic acids is 1. The quantitative estimate of drug-likeness (QED) is 0.0220. The first kappa shape index (κ1) is 56.3. The van der Waals surface area contributed by atoms with Crippen LogP contribution in [0.4, 0.5) is 0 Å². The summed E-state index contributed by atoms with van der Waals surface area (Å²) >= 11 is 0. The molecule has 0 aromatic rings. The van der Waals surface area contributed by atoms with Gasteiger partial charge >= 0.3 is 0 Å². The van der Waals surface area contributed by atoms with Crippen molar-refractivity contribution in [3.63, 3.8) is 0 Å². The number of aliphatic hydroxyl groups excluding tert-OH is 7. The van der Waals surface area contributed by atoms with Crippen LogP contribution >= 0.6 is 0 Å². The lowest BCUT2D eigenvalue weighted by Gasteiger charge is -2.40. The van der Waals surface area contributed by atoms with Gasteiger partial charge in [-0.3, -0.25) is 4.79 Å². The minimum Gasteiger partial charge on any atom is -0.394 e. The minimum atomic E-state index is -1.67. The molecule has 8 N–H and O–H groups in total. The summed E-state index contributed by atoms with van der Waals surface area (Å²) in [6.07, 6.45) is 33.3. The molecular weight excluding hydrogens is 763 g/mol. The van der Waals surface area contributed by atoms with Crippen LogP contribution in [0, 0.1) is 0 Å². The molecule has 11 nitrogen and oxygen atoms in total. The Morgan fingerprint density at radius 3 is 1.48 bits per heavy atom. The third-order valence-corrected chi connectivity index (χ3v) is 11.7. The smallest absolute Gasteiger partial charge is 0.249 e. The molecule has 1 rings (SSSR count). The van der Waals surface area contributed by atoms with Crippen molar-refractivity contribution in [2.24, 2.45) is 0 Å². The summed E-state index contributed by atoms with van der Waals surface area (Å²) in [6, 6.07) is -1.19. The van der Waals surface area contributed by atoms with Crippen molar-refractivity contribution < 1.29 is 50.0 Å². The Labute approximate surface area is 365 Å². The molecule has 1 fully saturated rings. The van der Waals surface area contributed by atoms with Crippen molar-refractivity contribution in [1.82, 2.24) is 5.32 Å². The summed E-state index contributed by atoms with van der Waals surface area (Å²) in [4.78, 5) is 13.1. The maximum Gasteiger partial charge on any atom is 0.249 e. The zero-order chi connectivity index (χ0) is 44.1. The average Bonchev–Trinajstić information content (AvgIpc) is 3.25. The summed E-state index contributed by atoms with van der Waals surface area (Å²) in [6.45, 7) is 3.40. The lowest BCUT2D eigenvalue weighted by molar-refractivity contribution is -0.303. The van der Waals surface area contributed by atoms with Crippen LogP contribution in [0.3, 0.4) is 0 Å². The normalized spacial score (nSPS) is 21.9. The summed E-state index contributed by atoms with van der Waals surface area (Å²) in [7, 11) is 0. The van der Waals surface area contributed by atoms with Gasteiger partial charge in [-0.05, 0) is 64.2 Å². The second-order valence-corrected chi connectivity index (χ2v) is 17.2. The number of ether oxygens (including phenoxy) is 2. The van der Waals surface area contributed by atoms with E-state index in [2.05, 4.69) is 55.6 Å². The highest BCUT2D eigenvalue weighted by Gasteiger charge is 2.44. The van der Waals surface area contributed by atoms with E-state index in [9.17, 15) is 40.5 Å². The van der Waals surface area contributed by atoms with E-state index in [0.29, 0.717) is 19.3 Å². The van der Waals surface area contributed by atoms with E-state index in [-0.39, 0.29) is 12.8 Å². The Balaban J connectivity index is 2.47. The summed E-state index contributed by atoms with van der Waals surface area (Å²) in [5.41, 5.74) is 0. The van der Waals surface area contributed by atoms with E-state index in [4.69, 9.17) is 9.47 Å². The Hall–Kier alpha value is -1.67. The first-order valence-corrected chi connectivity index (χ1v) is 24.4. The van der Waals surface area contributed by atoms with Crippen LogP contribution < -0.4 is 5.32 Å². The second kappa shape index (κ2) is 39.0. The Bertz CT molecular complexity index is 1070. The number of amides is 1. The van der Waals surface area contributed by atoms with Crippen LogP contribution in [0.2, 0.25) is 0 Å². The molecule has 1 aliphatic rings. The minimum absolute atomic E-state index is 0.242. The Kier molecular flexibility index (Phi) is 36.6. The third kappa shape index (κ3) is 28.1. The van der Waals surface area contributed by atoms with Gasteiger partial charge in [0.25, 0.3) is 0 Å². The molecule has 1 aliphatic heterocycles. The van der Waals surface area contributed by atoms with E-state index >= 15 is 0 Å². The van der Waals surface area contributed by atoms with Gasteiger partial charge in [0.05, 0.1) is 25.4 Å². The van der Waals surface area contributed by atoms with E-state index in [1.54, 1.807) is 0 Å². The van der Waals surface area contributed by atoms with Crippen molar-refractivity contribution in [2.45, 2.75) is 255 Å².